The van der Waals surface area contributed by atoms with Gasteiger partial charge in [0, 0.05) is 0 Å². The van der Waals surface area contributed by atoms with Crippen molar-refractivity contribution in [1.29, 1.82) is 0 Å². The van der Waals surface area contributed by atoms with Gasteiger partial charge >= 0.3 is 111 Å². The first-order chi connectivity index (χ1) is 37.5. The van der Waals surface area contributed by atoms with E-state index in [9.17, 15) is 0 Å². The van der Waals surface area contributed by atoms with E-state index in [0.717, 1.165) is 22.3 Å². The third-order valence-electron chi connectivity index (χ3n) is 9.51. The van der Waals surface area contributed by atoms with Gasteiger partial charge in [0.05, 0.1) is 0 Å². The van der Waals surface area contributed by atoms with E-state index >= 15 is 0 Å². The molecule has 0 fully saturated rings. The van der Waals surface area contributed by atoms with Crippen LogP contribution in [0.1, 0.15) is 11.1 Å². The predicted molar refractivity (Wildman–Crippen MR) is 329 cm³/mol. The van der Waals surface area contributed by atoms with Gasteiger partial charge in [-0.05, 0) is 32.3 Å². The molecule has 11 rings (SSSR count). The fraction of sp³-hybridized carbons (Fsp3) is 0. The molecule has 396 valence electrons. The molecule has 0 unspecified atom stereocenters. The summed E-state index contributed by atoms with van der Waals surface area (Å²) in [6.45, 7) is 38.7. The van der Waals surface area contributed by atoms with Crippen molar-refractivity contribution < 1.29 is 111 Å². The van der Waals surface area contributed by atoms with Crippen LogP contribution >= 0.6 is 0 Å². The summed E-state index contributed by atoms with van der Waals surface area (Å²) in [6, 6.07) is 105. The Balaban J connectivity index is -0.000000271. The van der Waals surface area contributed by atoms with Gasteiger partial charge in [-0.3, -0.25) is 0 Å². The zero-order valence-electron chi connectivity index (χ0n) is 45.5. The number of rotatable bonds is 6. The molecular weight excluding hydrogens is 1220 g/mol. The van der Waals surface area contributed by atoms with E-state index in [-0.39, 0.29) is 111 Å². The molecule has 0 N–H and O–H groups in total. The first-order valence-electron chi connectivity index (χ1n) is 24.0. The van der Waals surface area contributed by atoms with Gasteiger partial charge in [0.15, 0.2) is 0 Å². The van der Waals surface area contributed by atoms with Gasteiger partial charge in [-0.1, -0.05) is 182 Å². The Morgan fingerprint density at radius 1 is 0.195 bits per heavy atom. The smallest absolute Gasteiger partial charge is 0.394 e. The number of fused-ring (bicyclic) bond motifs is 3. The number of allylic oxidation sites excluding steroid dienone is 6. The maximum Gasteiger partial charge on any atom is 2.00 e. The van der Waals surface area contributed by atoms with Crippen molar-refractivity contribution >= 4 is 44.5 Å². The number of benzene rings is 11. The van der Waals surface area contributed by atoms with Crippen LogP contribution in [-0.2, 0) is 111 Å². The molecule has 0 saturated carbocycles. The molecule has 0 heterocycles. The van der Waals surface area contributed by atoms with E-state index in [1.54, 1.807) is 0 Å². The van der Waals surface area contributed by atoms with E-state index in [4.69, 9.17) is 52.6 Å². The maximum absolute atomic E-state index is 5.19. The molecule has 11 aromatic carbocycles. The van der Waals surface area contributed by atoms with E-state index in [1.165, 1.54) is 80.9 Å². The fourth-order valence-corrected chi connectivity index (χ4v) is 5.93. The van der Waals surface area contributed by atoms with Crippen LogP contribution in [0.15, 0.2) is 316 Å². The van der Waals surface area contributed by atoms with Gasteiger partial charge < -0.3 is 112 Å². The molecular formula is C76H62V6. The van der Waals surface area contributed by atoms with Crippen LogP contribution in [0.5, 0.6) is 0 Å². The summed E-state index contributed by atoms with van der Waals surface area (Å²) >= 11 is 0. The average Bonchev–Trinajstić information content (AvgIpc) is 3.53. The molecule has 0 nitrogen and oxygen atoms in total. The van der Waals surface area contributed by atoms with Crippen molar-refractivity contribution in [2.45, 2.75) is 0 Å². The zero-order chi connectivity index (χ0) is 54.8. The van der Waals surface area contributed by atoms with Crippen molar-refractivity contribution in [3.05, 3.63) is 404 Å². The monoisotopic (exact) mass is 1280 g/mol. The zero-order valence-corrected chi connectivity index (χ0v) is 53.9. The molecule has 6 radical (unpaired) electrons. The van der Waals surface area contributed by atoms with Gasteiger partial charge in [-0.25, -0.2) is 35.4 Å². The van der Waals surface area contributed by atoms with Crippen LogP contribution < -0.4 is 0 Å². The van der Waals surface area contributed by atoms with E-state index < -0.39 is 0 Å². The van der Waals surface area contributed by atoms with Crippen molar-refractivity contribution in [1.82, 2.24) is 0 Å². The van der Waals surface area contributed by atoms with Crippen LogP contribution in [0.4, 0.5) is 0 Å². The van der Waals surface area contributed by atoms with Gasteiger partial charge in [0.1, 0.15) is 0 Å². The molecule has 0 aromatic heterocycles. The fourth-order valence-electron chi connectivity index (χ4n) is 5.93. The van der Waals surface area contributed by atoms with Crippen molar-refractivity contribution in [2.24, 2.45) is 0 Å². The standard InChI is InChI=1S/C12H8.3C10H8.2C8H6.C6H6.3C4H4.6V/c1-3-7-11(8-4-1)12-9-5-2-6-10-12;3*1-2-6-10-8-4-3-7-9(10)5-1;2*1-2-8-6-4-3-5-7-8;1-2-4-6-5-3-1;3*1-3-4-2;;;;;;/h1-7,9H;3*1-8H;2*1-6H;1-6H;3*1-4H;;;;;;/q-2;;;;2*-2;;3*-2;6*+2. The molecule has 0 bridgehead atoms. The Morgan fingerprint density at radius 2 is 0.366 bits per heavy atom. The Kier molecular flexibility index (Phi) is 62.5. The second-order valence-electron chi connectivity index (χ2n) is 14.9. The molecule has 0 saturated heterocycles. The largest absolute Gasteiger partial charge is 2.00 e. The molecule has 11 aromatic rings. The van der Waals surface area contributed by atoms with Gasteiger partial charge in [0.25, 0.3) is 0 Å². The third kappa shape index (κ3) is 41.6. The van der Waals surface area contributed by atoms with E-state index in [0.29, 0.717) is 0 Å². The predicted octanol–water partition coefficient (Wildman–Crippen LogP) is 19.9. The summed E-state index contributed by atoms with van der Waals surface area (Å²) in [5.41, 5.74) is 4.07. The molecule has 6 heteroatoms. The summed E-state index contributed by atoms with van der Waals surface area (Å²) in [7, 11) is 0. The van der Waals surface area contributed by atoms with Gasteiger partial charge in [-0.15, -0.1) is 24.3 Å². The average molecular weight is 1280 g/mol. The molecule has 82 heavy (non-hydrogen) atoms. The molecule has 0 aliphatic rings. The summed E-state index contributed by atoms with van der Waals surface area (Å²) in [5, 5.41) is 7.86. The Labute approximate surface area is 564 Å². The van der Waals surface area contributed by atoms with E-state index in [1.807, 2.05) is 133 Å². The Morgan fingerprint density at radius 3 is 0.488 bits per heavy atom. The van der Waals surface area contributed by atoms with Crippen LogP contribution in [0.25, 0.3) is 55.6 Å². The van der Waals surface area contributed by atoms with Crippen molar-refractivity contribution in [3.8, 4) is 11.1 Å². The maximum atomic E-state index is 5.19. The van der Waals surface area contributed by atoms with E-state index in [2.05, 4.69) is 170 Å². The second kappa shape index (κ2) is 60.7. The van der Waals surface area contributed by atoms with Gasteiger partial charge in [-0.2, -0.15) is 72.8 Å². The minimum Gasteiger partial charge on any atom is -0.394 e. The molecule has 0 amide bonds. The molecule has 0 aliphatic carbocycles. The first kappa shape index (κ1) is 84.4. The molecule has 0 spiro atoms. The molecule has 0 aliphatic heterocycles. The van der Waals surface area contributed by atoms with Crippen LogP contribution in [0, 0.1) is 76.9 Å². The number of hydrogen-bond acceptors (Lipinski definition) is 0. The molecule has 0 atom stereocenters. The van der Waals surface area contributed by atoms with Crippen molar-refractivity contribution in [3.63, 3.8) is 0 Å². The van der Waals surface area contributed by atoms with Gasteiger partial charge in [0.2, 0.25) is 0 Å². The quantitative estimate of drug-likeness (QED) is 0.115. The number of hydrogen-bond donors (Lipinski definition) is 0. The minimum atomic E-state index is 0. The van der Waals surface area contributed by atoms with Crippen LogP contribution in [0.2, 0.25) is 0 Å². The van der Waals surface area contributed by atoms with Crippen molar-refractivity contribution in [2.75, 3.05) is 0 Å². The minimum absolute atomic E-state index is 0. The normalized spacial score (nSPS) is 8.05. The van der Waals surface area contributed by atoms with Crippen LogP contribution in [0.3, 0.4) is 0 Å². The topological polar surface area (TPSA) is 0 Å². The first-order valence-corrected chi connectivity index (χ1v) is 24.0. The second-order valence-corrected chi connectivity index (χ2v) is 14.9. The summed E-state index contributed by atoms with van der Waals surface area (Å²) < 4.78 is 0. The van der Waals surface area contributed by atoms with Crippen LogP contribution in [-0.4, -0.2) is 0 Å². The Hall–Kier alpha value is -6.37. The summed E-state index contributed by atoms with van der Waals surface area (Å²) in [5.74, 6) is 0. The summed E-state index contributed by atoms with van der Waals surface area (Å²) in [4.78, 5) is 0. The SMILES string of the molecule is [CH-]=CC=[CH-].[CH-]=CC=[CH-].[CH-]=CC=[CH-].[CH-]=Cc1[c-]cccc1.[CH-]=Cc1[c-]cccc1.[V+2].[V+2].[V+2].[V+2].[V+2].[V+2].[c-]1ccccc1-c1[c-]cccc1.c1ccc2ccccc2c1.c1ccc2ccccc2c1.c1ccc2ccccc2c1.c1ccccc1. The Bertz CT molecular complexity index is 2720. The third-order valence-corrected chi connectivity index (χ3v) is 9.51. The summed E-state index contributed by atoms with van der Waals surface area (Å²) in [6.07, 6.45) is 10.7.